The van der Waals surface area contributed by atoms with Crippen LogP contribution in [0.25, 0.3) is 0 Å². The van der Waals surface area contributed by atoms with Gasteiger partial charge >= 0.3 is 5.97 Å². The van der Waals surface area contributed by atoms with Crippen molar-refractivity contribution in [3.05, 3.63) is 29.6 Å². The fourth-order valence-corrected chi connectivity index (χ4v) is 2.40. The molecule has 1 saturated carbocycles. The Balaban J connectivity index is 2.52. The van der Waals surface area contributed by atoms with Crippen LogP contribution in [-0.2, 0) is 14.9 Å². The zero-order valence-electron chi connectivity index (χ0n) is 10.1. The molecule has 92 valence electrons. The number of carbonyl (C=O) groups is 1. The van der Waals surface area contributed by atoms with Gasteiger partial charge in [-0.3, -0.25) is 4.79 Å². The van der Waals surface area contributed by atoms with E-state index in [9.17, 15) is 9.18 Å². The number of hydrogen-bond donors (Lipinski definition) is 0. The van der Waals surface area contributed by atoms with Gasteiger partial charge in [0.25, 0.3) is 0 Å². The molecule has 0 aromatic heterocycles. The highest BCUT2D eigenvalue weighted by Gasteiger charge is 2.61. The zero-order chi connectivity index (χ0) is 12.6. The monoisotopic (exact) mass is 238 g/mol. The molecule has 1 aromatic rings. The highest BCUT2D eigenvalue weighted by Crippen LogP contribution is 2.57. The van der Waals surface area contributed by atoms with Crippen molar-refractivity contribution in [3.63, 3.8) is 0 Å². The van der Waals surface area contributed by atoms with Crippen molar-refractivity contribution in [1.29, 1.82) is 0 Å². The quantitative estimate of drug-likeness (QED) is 0.758. The molecule has 2 atom stereocenters. The summed E-state index contributed by atoms with van der Waals surface area (Å²) in [7, 11) is 2.86. The molecule has 1 aliphatic rings. The average Bonchev–Trinajstić information content (AvgIpc) is 3.01. The smallest absolute Gasteiger partial charge is 0.316 e. The summed E-state index contributed by atoms with van der Waals surface area (Å²) in [6, 6.07) is 4.22. The summed E-state index contributed by atoms with van der Waals surface area (Å²) in [5, 5.41) is 0. The van der Waals surface area contributed by atoms with E-state index >= 15 is 0 Å². The van der Waals surface area contributed by atoms with Crippen LogP contribution < -0.4 is 4.74 Å². The molecule has 0 spiro atoms. The molecule has 0 N–H and O–H groups in total. The van der Waals surface area contributed by atoms with Crippen LogP contribution in [0.5, 0.6) is 5.75 Å². The Labute approximate surface area is 99.5 Å². The number of halogens is 1. The standard InChI is InChI=1S/C13H15FO3/c1-8-7-13(8,12(15)17-3)10-6-9(14)4-5-11(10)16-2/h4-6,8H,7H2,1-3H3. The topological polar surface area (TPSA) is 35.5 Å². The maximum Gasteiger partial charge on any atom is 0.316 e. The lowest BCUT2D eigenvalue weighted by atomic mass is 9.92. The van der Waals surface area contributed by atoms with E-state index in [1.165, 1.54) is 26.4 Å². The molecule has 0 bridgehead atoms. The van der Waals surface area contributed by atoms with Crippen LogP contribution in [0, 0.1) is 11.7 Å². The van der Waals surface area contributed by atoms with E-state index in [2.05, 4.69) is 0 Å². The van der Waals surface area contributed by atoms with Gasteiger partial charge in [0.15, 0.2) is 0 Å². The zero-order valence-corrected chi connectivity index (χ0v) is 10.1. The van der Waals surface area contributed by atoms with E-state index in [-0.39, 0.29) is 17.7 Å². The third-order valence-electron chi connectivity index (χ3n) is 3.50. The van der Waals surface area contributed by atoms with Crippen LogP contribution in [0.3, 0.4) is 0 Å². The number of rotatable bonds is 3. The van der Waals surface area contributed by atoms with Crippen molar-refractivity contribution in [2.24, 2.45) is 5.92 Å². The largest absolute Gasteiger partial charge is 0.496 e. The summed E-state index contributed by atoms with van der Waals surface area (Å²) in [6.45, 7) is 1.95. The van der Waals surface area contributed by atoms with Crippen molar-refractivity contribution in [2.75, 3.05) is 14.2 Å². The number of hydrogen-bond acceptors (Lipinski definition) is 3. The first-order chi connectivity index (χ1) is 8.06. The van der Waals surface area contributed by atoms with Crippen molar-refractivity contribution < 1.29 is 18.7 Å². The van der Waals surface area contributed by atoms with Crippen LogP contribution in [0.4, 0.5) is 4.39 Å². The van der Waals surface area contributed by atoms with Gasteiger partial charge in [-0.25, -0.2) is 4.39 Å². The van der Waals surface area contributed by atoms with Gasteiger partial charge in [-0.1, -0.05) is 6.92 Å². The van der Waals surface area contributed by atoms with Gasteiger partial charge in [0.2, 0.25) is 0 Å². The van der Waals surface area contributed by atoms with Gasteiger partial charge in [-0.15, -0.1) is 0 Å². The fraction of sp³-hybridized carbons (Fsp3) is 0.462. The van der Waals surface area contributed by atoms with E-state index < -0.39 is 5.41 Å². The van der Waals surface area contributed by atoms with Crippen molar-refractivity contribution in [3.8, 4) is 5.75 Å². The molecule has 3 nitrogen and oxygen atoms in total. The third kappa shape index (κ3) is 1.68. The Kier molecular flexibility index (Phi) is 2.81. The fourth-order valence-electron chi connectivity index (χ4n) is 2.40. The molecule has 0 amide bonds. The summed E-state index contributed by atoms with van der Waals surface area (Å²) in [6.07, 6.45) is 0.666. The van der Waals surface area contributed by atoms with E-state index in [4.69, 9.17) is 9.47 Å². The first kappa shape index (κ1) is 11.9. The normalized spacial score (nSPS) is 26.5. The van der Waals surface area contributed by atoms with Gasteiger partial charge in [0, 0.05) is 5.56 Å². The molecule has 2 unspecified atom stereocenters. The minimum atomic E-state index is -0.734. The highest BCUT2D eigenvalue weighted by atomic mass is 19.1. The second-order valence-electron chi connectivity index (χ2n) is 4.41. The molecule has 1 aromatic carbocycles. The second-order valence-corrected chi connectivity index (χ2v) is 4.41. The molecular weight excluding hydrogens is 223 g/mol. The van der Waals surface area contributed by atoms with Crippen LogP contribution in [0.15, 0.2) is 18.2 Å². The molecular formula is C13H15FO3. The Morgan fingerprint density at radius 2 is 2.12 bits per heavy atom. The Hall–Kier alpha value is -1.58. The lowest BCUT2D eigenvalue weighted by molar-refractivity contribution is -0.144. The Bertz CT molecular complexity index is 458. The van der Waals surface area contributed by atoms with Crippen molar-refractivity contribution in [2.45, 2.75) is 18.8 Å². The lowest BCUT2D eigenvalue weighted by Gasteiger charge is -2.17. The first-order valence-electron chi connectivity index (χ1n) is 5.48. The SMILES string of the molecule is COC(=O)C1(c2cc(F)ccc2OC)CC1C. The number of ether oxygens (including phenoxy) is 2. The predicted molar refractivity (Wildman–Crippen MR) is 60.4 cm³/mol. The maximum atomic E-state index is 13.3. The third-order valence-corrected chi connectivity index (χ3v) is 3.50. The summed E-state index contributed by atoms with van der Waals surface area (Å²) < 4.78 is 23.3. The Morgan fingerprint density at radius 1 is 1.47 bits per heavy atom. The molecule has 0 heterocycles. The van der Waals surface area contributed by atoms with Gasteiger partial charge in [0.1, 0.15) is 11.6 Å². The lowest BCUT2D eigenvalue weighted by Crippen LogP contribution is -2.24. The molecule has 2 rings (SSSR count). The average molecular weight is 238 g/mol. The molecule has 4 heteroatoms. The van der Waals surface area contributed by atoms with Gasteiger partial charge in [-0.05, 0) is 30.5 Å². The molecule has 1 fully saturated rings. The number of methoxy groups -OCH3 is 2. The van der Waals surface area contributed by atoms with Gasteiger partial charge in [0.05, 0.1) is 19.6 Å². The molecule has 17 heavy (non-hydrogen) atoms. The van der Waals surface area contributed by atoms with Crippen LogP contribution in [-0.4, -0.2) is 20.2 Å². The minimum Gasteiger partial charge on any atom is -0.496 e. The first-order valence-corrected chi connectivity index (χ1v) is 5.48. The van der Waals surface area contributed by atoms with Crippen LogP contribution in [0.1, 0.15) is 18.9 Å². The molecule has 0 saturated heterocycles. The number of benzene rings is 1. The molecule has 0 radical (unpaired) electrons. The van der Waals surface area contributed by atoms with Crippen molar-refractivity contribution >= 4 is 5.97 Å². The van der Waals surface area contributed by atoms with Crippen LogP contribution in [0.2, 0.25) is 0 Å². The van der Waals surface area contributed by atoms with E-state index in [0.717, 1.165) is 0 Å². The summed E-state index contributed by atoms with van der Waals surface area (Å²) >= 11 is 0. The number of esters is 1. The van der Waals surface area contributed by atoms with Crippen molar-refractivity contribution in [1.82, 2.24) is 0 Å². The van der Waals surface area contributed by atoms with E-state index in [1.54, 1.807) is 6.07 Å². The summed E-state index contributed by atoms with van der Waals surface area (Å²) in [5.74, 6) is -0.0242. The summed E-state index contributed by atoms with van der Waals surface area (Å²) in [4.78, 5) is 11.9. The minimum absolute atomic E-state index is 0.144. The maximum absolute atomic E-state index is 13.3. The second kappa shape index (κ2) is 4.02. The summed E-state index contributed by atoms with van der Waals surface area (Å²) in [5.41, 5.74) is -0.151. The van der Waals surface area contributed by atoms with Gasteiger partial charge < -0.3 is 9.47 Å². The van der Waals surface area contributed by atoms with Crippen LogP contribution >= 0.6 is 0 Å². The number of carbonyl (C=O) groups excluding carboxylic acids is 1. The predicted octanol–water partition coefficient (Wildman–Crippen LogP) is 2.28. The molecule has 1 aliphatic carbocycles. The molecule has 0 aliphatic heterocycles. The van der Waals surface area contributed by atoms with Gasteiger partial charge in [-0.2, -0.15) is 0 Å². The van der Waals surface area contributed by atoms with E-state index in [1.807, 2.05) is 6.92 Å². The Morgan fingerprint density at radius 3 is 2.59 bits per heavy atom. The van der Waals surface area contributed by atoms with E-state index in [0.29, 0.717) is 17.7 Å². The highest BCUT2D eigenvalue weighted by molar-refractivity contribution is 5.88.